The zero-order chi connectivity index (χ0) is 13.0. The lowest BCUT2D eigenvalue weighted by molar-refractivity contribution is 0.184. The Bertz CT molecular complexity index is 392. The molecule has 1 fully saturated rings. The summed E-state index contributed by atoms with van der Waals surface area (Å²) in [5.74, 6) is 0.680. The van der Waals surface area contributed by atoms with Crippen molar-refractivity contribution < 1.29 is 4.74 Å². The number of aromatic nitrogens is 1. The van der Waals surface area contributed by atoms with Crippen LogP contribution >= 0.6 is 0 Å². The van der Waals surface area contributed by atoms with Crippen LogP contribution in [0.25, 0.3) is 0 Å². The molecule has 2 N–H and O–H groups in total. The zero-order valence-electron chi connectivity index (χ0n) is 11.5. The molecule has 0 radical (unpaired) electrons. The molecule has 1 aromatic rings. The first-order chi connectivity index (χ1) is 8.62. The highest BCUT2D eigenvalue weighted by molar-refractivity contribution is 5.20. The van der Waals surface area contributed by atoms with Crippen molar-refractivity contribution in [3.05, 3.63) is 23.9 Å². The van der Waals surface area contributed by atoms with Crippen molar-refractivity contribution >= 4 is 0 Å². The number of rotatable bonds is 4. The number of nitrogens with zero attached hydrogens (tertiary/aromatic N) is 1. The van der Waals surface area contributed by atoms with Gasteiger partial charge in [0.05, 0.1) is 7.11 Å². The number of nitrogens with one attached hydrogen (secondary N) is 2. The molecule has 0 amide bonds. The molecule has 0 aliphatic carbocycles. The summed E-state index contributed by atoms with van der Waals surface area (Å²) in [6, 6.07) is 4.57. The Morgan fingerprint density at radius 1 is 1.56 bits per heavy atom. The number of piperidine rings is 1. The summed E-state index contributed by atoms with van der Waals surface area (Å²) >= 11 is 0. The van der Waals surface area contributed by atoms with E-state index in [2.05, 4.69) is 29.5 Å². The summed E-state index contributed by atoms with van der Waals surface area (Å²) in [4.78, 5) is 4.12. The van der Waals surface area contributed by atoms with E-state index in [0.29, 0.717) is 17.3 Å². The van der Waals surface area contributed by atoms with Crippen molar-refractivity contribution in [1.29, 1.82) is 0 Å². The van der Waals surface area contributed by atoms with E-state index in [1.54, 1.807) is 13.3 Å². The second-order valence-corrected chi connectivity index (χ2v) is 5.59. The van der Waals surface area contributed by atoms with Crippen LogP contribution in [0.3, 0.4) is 0 Å². The molecule has 1 atom stereocenters. The van der Waals surface area contributed by atoms with E-state index in [4.69, 9.17) is 4.74 Å². The van der Waals surface area contributed by atoms with Crippen molar-refractivity contribution in [3.8, 4) is 5.88 Å². The summed E-state index contributed by atoms with van der Waals surface area (Å²) in [6.45, 7) is 7.66. The summed E-state index contributed by atoms with van der Waals surface area (Å²) in [6.07, 6.45) is 2.97. The quantitative estimate of drug-likeness (QED) is 0.850. The van der Waals surface area contributed by atoms with Gasteiger partial charge >= 0.3 is 0 Å². The van der Waals surface area contributed by atoms with Gasteiger partial charge in [-0.15, -0.1) is 0 Å². The molecule has 100 valence electrons. The van der Waals surface area contributed by atoms with Crippen LogP contribution in [0.4, 0.5) is 0 Å². The van der Waals surface area contributed by atoms with Crippen LogP contribution in [-0.2, 0) is 6.54 Å². The van der Waals surface area contributed by atoms with E-state index in [1.165, 1.54) is 12.0 Å². The van der Waals surface area contributed by atoms with Crippen molar-refractivity contribution in [1.82, 2.24) is 15.6 Å². The zero-order valence-corrected chi connectivity index (χ0v) is 11.5. The maximum atomic E-state index is 5.14. The molecule has 4 heteroatoms. The van der Waals surface area contributed by atoms with Gasteiger partial charge in [-0.25, -0.2) is 4.98 Å². The molecule has 1 saturated heterocycles. The van der Waals surface area contributed by atoms with E-state index in [1.807, 2.05) is 12.1 Å². The minimum absolute atomic E-state index is 0.301. The van der Waals surface area contributed by atoms with E-state index >= 15 is 0 Å². The van der Waals surface area contributed by atoms with Gasteiger partial charge < -0.3 is 15.4 Å². The topological polar surface area (TPSA) is 46.2 Å². The summed E-state index contributed by atoms with van der Waals surface area (Å²) in [5, 5.41) is 7.11. The van der Waals surface area contributed by atoms with Crippen LogP contribution in [-0.4, -0.2) is 31.2 Å². The average Bonchev–Trinajstić information content (AvgIpc) is 2.37. The number of hydrogen-bond donors (Lipinski definition) is 2. The maximum Gasteiger partial charge on any atom is 0.213 e. The highest BCUT2D eigenvalue weighted by atomic mass is 16.5. The fourth-order valence-corrected chi connectivity index (χ4v) is 2.46. The normalized spacial score (nSPS) is 22.7. The van der Waals surface area contributed by atoms with Gasteiger partial charge in [0.2, 0.25) is 5.88 Å². The fraction of sp³-hybridized carbons (Fsp3) is 0.643. The Labute approximate surface area is 109 Å². The average molecular weight is 249 g/mol. The standard InChI is InChI=1S/C14H23N3O/c1-14(2)10-15-6-5-12(14)17-9-11-4-7-16-13(8-11)18-3/h4,7-8,12,15,17H,5-6,9-10H2,1-3H3. The lowest BCUT2D eigenvalue weighted by atomic mass is 9.80. The molecular weight excluding hydrogens is 226 g/mol. The summed E-state index contributed by atoms with van der Waals surface area (Å²) in [5.41, 5.74) is 1.52. The van der Waals surface area contributed by atoms with E-state index in [9.17, 15) is 0 Å². The third-order valence-corrected chi connectivity index (χ3v) is 3.69. The SMILES string of the molecule is COc1cc(CNC2CCNCC2(C)C)ccn1. The van der Waals surface area contributed by atoms with E-state index in [0.717, 1.165) is 19.6 Å². The molecule has 0 spiro atoms. The van der Waals surface area contributed by atoms with Crippen LogP contribution in [0.15, 0.2) is 18.3 Å². The molecule has 18 heavy (non-hydrogen) atoms. The summed E-state index contributed by atoms with van der Waals surface area (Å²) < 4.78 is 5.14. The maximum absolute atomic E-state index is 5.14. The number of methoxy groups -OCH3 is 1. The van der Waals surface area contributed by atoms with Gasteiger partial charge in [-0.2, -0.15) is 0 Å². The molecule has 1 aliphatic heterocycles. The van der Waals surface area contributed by atoms with Gasteiger partial charge in [0.15, 0.2) is 0 Å². The van der Waals surface area contributed by atoms with Crippen molar-refractivity contribution in [2.45, 2.75) is 32.9 Å². The Morgan fingerprint density at radius 3 is 3.11 bits per heavy atom. The van der Waals surface area contributed by atoms with Gasteiger partial charge in [0.25, 0.3) is 0 Å². The molecule has 2 rings (SSSR count). The van der Waals surface area contributed by atoms with Gasteiger partial charge in [-0.1, -0.05) is 13.8 Å². The monoisotopic (exact) mass is 249 g/mol. The van der Waals surface area contributed by atoms with Crippen LogP contribution in [0.1, 0.15) is 25.8 Å². The first-order valence-corrected chi connectivity index (χ1v) is 6.55. The summed E-state index contributed by atoms with van der Waals surface area (Å²) in [7, 11) is 1.65. The van der Waals surface area contributed by atoms with Crippen molar-refractivity contribution in [3.63, 3.8) is 0 Å². The van der Waals surface area contributed by atoms with Crippen molar-refractivity contribution in [2.75, 3.05) is 20.2 Å². The predicted molar refractivity (Wildman–Crippen MR) is 72.7 cm³/mol. The Hall–Kier alpha value is -1.13. The minimum Gasteiger partial charge on any atom is -0.481 e. The number of hydrogen-bond acceptors (Lipinski definition) is 4. The van der Waals surface area contributed by atoms with Crippen LogP contribution in [0, 0.1) is 5.41 Å². The molecule has 1 unspecified atom stereocenters. The Morgan fingerprint density at radius 2 is 2.39 bits per heavy atom. The lowest BCUT2D eigenvalue weighted by Crippen LogP contribution is -2.52. The first-order valence-electron chi connectivity index (χ1n) is 6.55. The van der Waals surface area contributed by atoms with Crippen LogP contribution < -0.4 is 15.4 Å². The smallest absolute Gasteiger partial charge is 0.213 e. The van der Waals surface area contributed by atoms with Crippen molar-refractivity contribution in [2.24, 2.45) is 5.41 Å². The largest absolute Gasteiger partial charge is 0.481 e. The third kappa shape index (κ3) is 3.21. The third-order valence-electron chi connectivity index (χ3n) is 3.69. The molecule has 1 aromatic heterocycles. The number of ether oxygens (including phenoxy) is 1. The molecular formula is C14H23N3O. The van der Waals surface area contributed by atoms with E-state index in [-0.39, 0.29) is 0 Å². The lowest BCUT2D eigenvalue weighted by Gasteiger charge is -2.39. The van der Waals surface area contributed by atoms with Crippen LogP contribution in [0.5, 0.6) is 5.88 Å². The van der Waals surface area contributed by atoms with Crippen LogP contribution in [0.2, 0.25) is 0 Å². The first kappa shape index (κ1) is 13.3. The Balaban J connectivity index is 1.94. The second-order valence-electron chi connectivity index (χ2n) is 5.59. The van der Waals surface area contributed by atoms with Gasteiger partial charge in [0, 0.05) is 31.4 Å². The van der Waals surface area contributed by atoms with Gasteiger partial charge in [0.1, 0.15) is 0 Å². The second kappa shape index (κ2) is 5.67. The Kier molecular flexibility index (Phi) is 4.19. The molecule has 4 nitrogen and oxygen atoms in total. The van der Waals surface area contributed by atoms with Gasteiger partial charge in [-0.05, 0) is 30.0 Å². The fourth-order valence-electron chi connectivity index (χ4n) is 2.46. The molecule has 0 aromatic carbocycles. The molecule has 0 bridgehead atoms. The molecule has 2 heterocycles. The van der Waals surface area contributed by atoms with E-state index < -0.39 is 0 Å². The minimum atomic E-state index is 0.301. The van der Waals surface area contributed by atoms with Gasteiger partial charge in [-0.3, -0.25) is 0 Å². The number of pyridine rings is 1. The molecule has 1 aliphatic rings. The molecule has 0 saturated carbocycles. The highest BCUT2D eigenvalue weighted by Crippen LogP contribution is 2.25. The predicted octanol–water partition coefficient (Wildman–Crippen LogP) is 1.57. The highest BCUT2D eigenvalue weighted by Gasteiger charge is 2.31.